The number of carbonyl (C=O) groups is 1. The maximum absolute atomic E-state index is 11.2. The highest BCUT2D eigenvalue weighted by Crippen LogP contribution is 2.40. The van der Waals surface area contributed by atoms with Gasteiger partial charge in [0.2, 0.25) is 5.75 Å². The predicted molar refractivity (Wildman–Crippen MR) is 105 cm³/mol. The molecule has 0 spiro atoms. The highest BCUT2D eigenvalue weighted by atomic mass is 32.1. The molecule has 0 bridgehead atoms. The van der Waals surface area contributed by atoms with Crippen LogP contribution in [0.1, 0.15) is 15.9 Å². The van der Waals surface area contributed by atoms with Crippen molar-refractivity contribution < 1.29 is 24.1 Å². The molecule has 0 radical (unpaired) electrons. The largest absolute Gasteiger partial charge is 0.493 e. The number of aromatic carboxylic acids is 1. The lowest BCUT2D eigenvalue weighted by molar-refractivity contribution is 0.0696. The van der Waals surface area contributed by atoms with Crippen LogP contribution in [0.15, 0.2) is 36.4 Å². The number of carboxylic acids is 1. The van der Waals surface area contributed by atoms with Crippen molar-refractivity contribution in [1.82, 2.24) is 14.8 Å². The molecule has 8 nitrogen and oxygen atoms in total. The molecule has 28 heavy (non-hydrogen) atoms. The van der Waals surface area contributed by atoms with E-state index in [1.165, 1.54) is 21.3 Å². The van der Waals surface area contributed by atoms with E-state index >= 15 is 0 Å². The summed E-state index contributed by atoms with van der Waals surface area (Å²) in [6.07, 6.45) is 0. The van der Waals surface area contributed by atoms with Gasteiger partial charge >= 0.3 is 5.97 Å². The third kappa shape index (κ3) is 3.70. The lowest BCUT2D eigenvalue weighted by Gasteiger charge is -2.14. The van der Waals surface area contributed by atoms with Crippen molar-refractivity contribution in [2.75, 3.05) is 21.3 Å². The summed E-state index contributed by atoms with van der Waals surface area (Å²) in [4.78, 5) is 11.2. The number of ether oxygens (including phenoxy) is 3. The minimum absolute atomic E-state index is 0.210. The second-order valence-electron chi connectivity index (χ2n) is 5.86. The van der Waals surface area contributed by atoms with Gasteiger partial charge in [0.25, 0.3) is 0 Å². The van der Waals surface area contributed by atoms with E-state index in [0.29, 0.717) is 40.0 Å². The number of nitrogens with zero attached hydrogens (tertiary/aromatic N) is 2. The molecule has 9 heteroatoms. The van der Waals surface area contributed by atoms with Crippen LogP contribution in [0.2, 0.25) is 0 Å². The lowest BCUT2D eigenvalue weighted by atomic mass is 10.1. The second-order valence-corrected chi connectivity index (χ2v) is 6.24. The highest BCUT2D eigenvalue weighted by molar-refractivity contribution is 7.71. The zero-order chi connectivity index (χ0) is 20.3. The van der Waals surface area contributed by atoms with Gasteiger partial charge in [-0.15, -0.1) is 0 Å². The van der Waals surface area contributed by atoms with E-state index in [1.54, 1.807) is 34.9 Å². The first-order valence-corrected chi connectivity index (χ1v) is 8.67. The Morgan fingerprint density at radius 1 is 1.14 bits per heavy atom. The third-order valence-corrected chi connectivity index (χ3v) is 4.51. The SMILES string of the molecule is COc1cc(-c2n[nH]c(=S)n2Cc2cccc(C(=O)O)c2)cc(OC)c1OC. The molecule has 0 aliphatic carbocycles. The summed E-state index contributed by atoms with van der Waals surface area (Å²) >= 11 is 5.37. The third-order valence-electron chi connectivity index (χ3n) is 4.20. The predicted octanol–water partition coefficient (Wildman–Crippen LogP) is 3.38. The monoisotopic (exact) mass is 401 g/mol. The number of carboxylic acid groups (broad SMARTS) is 1. The van der Waals surface area contributed by atoms with Crippen LogP contribution in [-0.4, -0.2) is 47.2 Å². The number of aromatic nitrogens is 3. The molecular formula is C19H19N3O5S. The molecule has 0 amide bonds. The Hall–Kier alpha value is -3.33. The molecule has 2 N–H and O–H groups in total. The normalized spacial score (nSPS) is 10.5. The van der Waals surface area contributed by atoms with Crippen LogP contribution in [0.4, 0.5) is 0 Å². The average Bonchev–Trinajstić information content (AvgIpc) is 3.07. The van der Waals surface area contributed by atoms with E-state index in [-0.39, 0.29) is 5.56 Å². The van der Waals surface area contributed by atoms with E-state index in [4.69, 9.17) is 26.4 Å². The number of methoxy groups -OCH3 is 3. The number of aromatic amines is 1. The van der Waals surface area contributed by atoms with Crippen molar-refractivity contribution in [2.24, 2.45) is 0 Å². The Labute approximate surface area is 166 Å². The molecule has 0 fully saturated rings. The zero-order valence-electron chi connectivity index (χ0n) is 15.6. The van der Waals surface area contributed by atoms with Crippen LogP contribution < -0.4 is 14.2 Å². The molecule has 2 aromatic carbocycles. The molecule has 0 saturated heterocycles. The summed E-state index contributed by atoms with van der Waals surface area (Å²) in [6, 6.07) is 10.2. The number of H-pyrrole nitrogens is 1. The summed E-state index contributed by atoms with van der Waals surface area (Å²) in [5.41, 5.74) is 1.70. The summed E-state index contributed by atoms with van der Waals surface area (Å²) < 4.78 is 18.3. The lowest BCUT2D eigenvalue weighted by Crippen LogP contribution is -2.05. The Morgan fingerprint density at radius 3 is 2.39 bits per heavy atom. The van der Waals surface area contributed by atoms with E-state index in [9.17, 15) is 9.90 Å². The van der Waals surface area contributed by atoms with Gasteiger partial charge in [-0.05, 0) is 42.0 Å². The average molecular weight is 401 g/mol. The van der Waals surface area contributed by atoms with Crippen LogP contribution >= 0.6 is 12.2 Å². The number of hydrogen-bond donors (Lipinski definition) is 2. The van der Waals surface area contributed by atoms with Gasteiger partial charge in [-0.25, -0.2) is 4.79 Å². The molecular weight excluding hydrogens is 382 g/mol. The summed E-state index contributed by atoms with van der Waals surface area (Å²) in [5.74, 6) is 1.03. The minimum Gasteiger partial charge on any atom is -0.493 e. The fraction of sp³-hybridized carbons (Fsp3) is 0.211. The molecule has 0 aliphatic rings. The molecule has 1 heterocycles. The van der Waals surface area contributed by atoms with E-state index < -0.39 is 5.97 Å². The van der Waals surface area contributed by atoms with Gasteiger partial charge in [0.1, 0.15) is 0 Å². The Morgan fingerprint density at radius 2 is 1.82 bits per heavy atom. The van der Waals surface area contributed by atoms with E-state index in [1.807, 2.05) is 6.07 Å². The number of hydrogen-bond acceptors (Lipinski definition) is 6. The summed E-state index contributed by atoms with van der Waals surface area (Å²) in [7, 11) is 4.61. The Balaban J connectivity index is 2.08. The first-order chi connectivity index (χ1) is 13.5. The zero-order valence-corrected chi connectivity index (χ0v) is 16.4. The maximum Gasteiger partial charge on any atom is 0.335 e. The minimum atomic E-state index is -0.984. The maximum atomic E-state index is 11.2. The van der Waals surface area contributed by atoms with Gasteiger partial charge in [-0.2, -0.15) is 5.10 Å². The van der Waals surface area contributed by atoms with Crippen LogP contribution in [-0.2, 0) is 6.54 Å². The van der Waals surface area contributed by atoms with Gasteiger partial charge in [-0.1, -0.05) is 12.1 Å². The van der Waals surface area contributed by atoms with Gasteiger partial charge in [0.05, 0.1) is 33.4 Å². The van der Waals surface area contributed by atoms with Crippen molar-refractivity contribution in [1.29, 1.82) is 0 Å². The van der Waals surface area contributed by atoms with Crippen molar-refractivity contribution in [3.8, 4) is 28.6 Å². The molecule has 146 valence electrons. The van der Waals surface area contributed by atoms with Crippen molar-refractivity contribution in [2.45, 2.75) is 6.54 Å². The first kappa shape index (κ1) is 19.4. The fourth-order valence-corrected chi connectivity index (χ4v) is 3.08. The molecule has 0 unspecified atom stereocenters. The summed E-state index contributed by atoms with van der Waals surface area (Å²) in [6.45, 7) is 0.350. The van der Waals surface area contributed by atoms with Gasteiger partial charge in [0, 0.05) is 5.56 Å². The molecule has 3 rings (SSSR count). The summed E-state index contributed by atoms with van der Waals surface area (Å²) in [5, 5.41) is 16.3. The van der Waals surface area contributed by atoms with Gasteiger partial charge < -0.3 is 19.3 Å². The molecule has 0 saturated carbocycles. The van der Waals surface area contributed by atoms with E-state index in [2.05, 4.69) is 10.2 Å². The smallest absolute Gasteiger partial charge is 0.335 e. The standard InChI is InChI=1S/C19H19N3O5S/c1-25-14-8-13(9-15(26-2)16(14)27-3)17-20-21-19(28)22(17)10-11-5-4-6-12(7-11)18(23)24/h4-9H,10H2,1-3H3,(H,21,28)(H,23,24). The number of rotatable bonds is 7. The van der Waals surface area contributed by atoms with Crippen molar-refractivity contribution in [3.63, 3.8) is 0 Å². The second kappa shape index (κ2) is 8.13. The number of nitrogens with one attached hydrogen (secondary N) is 1. The van der Waals surface area contributed by atoms with Gasteiger partial charge in [-0.3, -0.25) is 9.67 Å². The van der Waals surface area contributed by atoms with Gasteiger partial charge in [0.15, 0.2) is 22.1 Å². The topological polar surface area (TPSA) is 98.6 Å². The Bertz CT molecular complexity index is 1050. The van der Waals surface area contributed by atoms with Crippen LogP contribution in [0, 0.1) is 4.77 Å². The molecule has 0 atom stereocenters. The van der Waals surface area contributed by atoms with Crippen LogP contribution in [0.5, 0.6) is 17.2 Å². The molecule has 1 aromatic heterocycles. The fourth-order valence-electron chi connectivity index (χ4n) is 2.88. The Kier molecular flexibility index (Phi) is 5.65. The van der Waals surface area contributed by atoms with Crippen LogP contribution in [0.25, 0.3) is 11.4 Å². The molecule has 0 aliphatic heterocycles. The van der Waals surface area contributed by atoms with Crippen LogP contribution in [0.3, 0.4) is 0 Å². The number of benzene rings is 2. The highest BCUT2D eigenvalue weighted by Gasteiger charge is 2.18. The van der Waals surface area contributed by atoms with Crippen molar-refractivity contribution >= 4 is 18.2 Å². The van der Waals surface area contributed by atoms with Crippen molar-refractivity contribution in [3.05, 3.63) is 52.3 Å². The quantitative estimate of drug-likeness (QED) is 0.586. The van der Waals surface area contributed by atoms with E-state index in [0.717, 1.165) is 5.56 Å². The molecule has 3 aromatic rings. The first-order valence-electron chi connectivity index (χ1n) is 8.26.